The molecule has 112 valence electrons. The second-order valence-corrected chi connectivity index (χ2v) is 5.90. The fourth-order valence-corrected chi connectivity index (χ4v) is 1.68. The number of alkyl halides is 3. The third-order valence-electron chi connectivity index (χ3n) is 1.89. The molecule has 0 aliphatic carbocycles. The quantitative estimate of drug-likeness (QED) is 0.626. The Morgan fingerprint density at radius 1 is 1.30 bits per heavy atom. The van der Waals surface area contributed by atoms with Gasteiger partial charge in [0.05, 0.1) is 11.2 Å². The summed E-state index contributed by atoms with van der Waals surface area (Å²) in [4.78, 5) is 4.10. The zero-order valence-electron chi connectivity index (χ0n) is 11.2. The number of nitrogens with one attached hydrogen (secondary N) is 1. The summed E-state index contributed by atoms with van der Waals surface area (Å²) in [7, 11) is 0. The second kappa shape index (κ2) is 5.90. The molecule has 0 spiro atoms. The maximum Gasteiger partial charge on any atom is 0.573 e. The molecule has 0 saturated heterocycles. The van der Waals surface area contributed by atoms with Crippen molar-refractivity contribution in [2.45, 2.75) is 32.7 Å². The minimum absolute atomic E-state index is 0.00634. The maximum atomic E-state index is 12.3. The normalized spacial score (nSPS) is 13.2. The minimum atomic E-state index is -4.78. The van der Waals surface area contributed by atoms with Crippen molar-refractivity contribution in [3.05, 3.63) is 22.7 Å². The van der Waals surface area contributed by atoms with Crippen molar-refractivity contribution in [2.75, 3.05) is 5.32 Å². The highest BCUT2D eigenvalue weighted by Gasteiger charge is 2.32. The van der Waals surface area contributed by atoms with E-state index >= 15 is 0 Å². The van der Waals surface area contributed by atoms with E-state index in [9.17, 15) is 13.2 Å². The van der Waals surface area contributed by atoms with Gasteiger partial charge in [0.15, 0.2) is 11.7 Å². The fourth-order valence-electron chi connectivity index (χ4n) is 1.34. The molecule has 3 N–H and O–H groups in total. The van der Waals surface area contributed by atoms with Crippen molar-refractivity contribution in [1.29, 1.82) is 0 Å². The van der Waals surface area contributed by atoms with E-state index in [4.69, 9.17) is 5.73 Å². The van der Waals surface area contributed by atoms with Gasteiger partial charge in [-0.1, -0.05) is 15.9 Å². The average Bonchev–Trinajstić information content (AvgIpc) is 2.17. The van der Waals surface area contributed by atoms with Gasteiger partial charge in [-0.05, 0) is 39.0 Å². The lowest BCUT2D eigenvalue weighted by molar-refractivity contribution is -0.274. The Morgan fingerprint density at radius 2 is 1.90 bits per heavy atom. The Labute approximate surface area is 123 Å². The van der Waals surface area contributed by atoms with E-state index in [2.05, 4.69) is 31.0 Å². The molecule has 0 unspecified atom stereocenters. The lowest BCUT2D eigenvalue weighted by atomic mass is 10.1. The number of ether oxygens (including phenoxy) is 1. The molecule has 0 amide bonds. The van der Waals surface area contributed by atoms with Gasteiger partial charge in [0.25, 0.3) is 0 Å². The summed E-state index contributed by atoms with van der Waals surface area (Å²) in [5.74, 6) is -0.384. The molecule has 0 radical (unpaired) electrons. The van der Waals surface area contributed by atoms with E-state index in [1.807, 2.05) is 20.8 Å². The zero-order chi connectivity index (χ0) is 15.6. The van der Waals surface area contributed by atoms with Gasteiger partial charge in [0.2, 0.25) is 0 Å². The van der Waals surface area contributed by atoms with E-state index in [-0.39, 0.29) is 17.4 Å². The fraction of sp³-hybridized carbons (Fsp3) is 0.417. The van der Waals surface area contributed by atoms with Gasteiger partial charge in [-0.25, -0.2) is 4.99 Å². The third kappa shape index (κ3) is 6.14. The van der Waals surface area contributed by atoms with Crippen molar-refractivity contribution in [3.8, 4) is 5.75 Å². The van der Waals surface area contributed by atoms with Crippen molar-refractivity contribution in [3.63, 3.8) is 0 Å². The smallest absolute Gasteiger partial charge is 0.404 e. The molecular weight excluding hydrogens is 339 g/mol. The van der Waals surface area contributed by atoms with Gasteiger partial charge in [0, 0.05) is 4.47 Å². The van der Waals surface area contributed by atoms with E-state index < -0.39 is 11.9 Å². The van der Waals surface area contributed by atoms with Gasteiger partial charge in [-0.2, -0.15) is 0 Å². The molecule has 1 aromatic carbocycles. The van der Waals surface area contributed by atoms with Crippen LogP contribution in [0.15, 0.2) is 27.7 Å². The van der Waals surface area contributed by atoms with Crippen LogP contribution in [0, 0.1) is 0 Å². The lowest BCUT2D eigenvalue weighted by Gasteiger charge is -2.17. The van der Waals surface area contributed by atoms with Crippen LogP contribution in [0.4, 0.5) is 18.9 Å². The summed E-state index contributed by atoms with van der Waals surface area (Å²) < 4.78 is 41.4. The summed E-state index contributed by atoms with van der Waals surface area (Å²) in [6.07, 6.45) is -4.78. The van der Waals surface area contributed by atoms with Crippen LogP contribution in [0.2, 0.25) is 0 Å². The highest BCUT2D eigenvalue weighted by Crippen LogP contribution is 2.32. The van der Waals surface area contributed by atoms with Gasteiger partial charge in [-0.3, -0.25) is 0 Å². The van der Waals surface area contributed by atoms with E-state index in [1.165, 1.54) is 12.1 Å². The maximum absolute atomic E-state index is 12.3. The molecule has 0 fully saturated rings. The number of hydrogen-bond acceptors (Lipinski definition) is 2. The standard InChI is InChI=1S/C12H15BrF3N3O/c1-11(2,3)19-10(17)18-8-5-4-7(13)6-9(8)20-12(14,15)16/h4-6H,1-3H3,(H3,17,18,19). The molecule has 4 nitrogen and oxygen atoms in total. The molecule has 0 aliphatic rings. The molecule has 8 heteroatoms. The lowest BCUT2D eigenvalue weighted by Crippen LogP contribution is -2.28. The zero-order valence-corrected chi connectivity index (χ0v) is 12.8. The summed E-state index contributed by atoms with van der Waals surface area (Å²) >= 11 is 3.08. The molecule has 1 aromatic rings. The number of anilines is 1. The molecule has 20 heavy (non-hydrogen) atoms. The summed E-state index contributed by atoms with van der Waals surface area (Å²) in [5, 5.41) is 2.60. The Bertz CT molecular complexity index is 510. The number of nitrogens with zero attached hydrogens (tertiary/aromatic N) is 1. The highest BCUT2D eigenvalue weighted by molar-refractivity contribution is 9.10. The van der Waals surface area contributed by atoms with Crippen LogP contribution in [-0.4, -0.2) is 17.9 Å². The predicted molar refractivity (Wildman–Crippen MR) is 75.8 cm³/mol. The molecule has 0 aromatic heterocycles. The third-order valence-corrected chi connectivity index (χ3v) is 2.38. The molecule has 1 rings (SSSR count). The van der Waals surface area contributed by atoms with Crippen molar-refractivity contribution < 1.29 is 17.9 Å². The van der Waals surface area contributed by atoms with Gasteiger partial charge < -0.3 is 15.8 Å². The van der Waals surface area contributed by atoms with Crippen molar-refractivity contribution in [1.82, 2.24) is 0 Å². The molecule has 0 heterocycles. The monoisotopic (exact) mass is 353 g/mol. The molecular formula is C12H15BrF3N3O. The summed E-state index contributed by atoms with van der Waals surface area (Å²) in [6.45, 7) is 5.45. The number of hydrogen-bond donors (Lipinski definition) is 2. The summed E-state index contributed by atoms with van der Waals surface area (Å²) in [6, 6.07) is 4.17. The Balaban J connectivity index is 3.03. The van der Waals surface area contributed by atoms with Gasteiger partial charge in [-0.15, -0.1) is 13.2 Å². The van der Waals surface area contributed by atoms with Crippen LogP contribution < -0.4 is 15.8 Å². The average molecular weight is 354 g/mol. The van der Waals surface area contributed by atoms with Gasteiger partial charge >= 0.3 is 6.36 Å². The summed E-state index contributed by atoms with van der Waals surface area (Å²) in [5.41, 5.74) is 5.29. The van der Waals surface area contributed by atoms with Crippen LogP contribution in [0.3, 0.4) is 0 Å². The van der Waals surface area contributed by atoms with E-state index in [0.29, 0.717) is 4.47 Å². The first-order chi connectivity index (χ1) is 8.96. The molecule has 0 aliphatic heterocycles. The SMILES string of the molecule is CC(C)(C)N=C(N)Nc1ccc(Br)cc1OC(F)(F)F. The first-order valence-corrected chi connectivity index (χ1v) is 6.43. The van der Waals surface area contributed by atoms with E-state index in [0.717, 1.165) is 0 Å². The van der Waals surface area contributed by atoms with Crippen molar-refractivity contribution >= 4 is 27.6 Å². The van der Waals surface area contributed by atoms with Crippen LogP contribution >= 0.6 is 15.9 Å². The van der Waals surface area contributed by atoms with Crippen LogP contribution in [0.25, 0.3) is 0 Å². The van der Waals surface area contributed by atoms with E-state index in [1.54, 1.807) is 6.07 Å². The van der Waals surface area contributed by atoms with Crippen LogP contribution in [0.5, 0.6) is 5.75 Å². The topological polar surface area (TPSA) is 59.6 Å². The number of guanidine groups is 1. The number of halogens is 4. The molecule has 0 atom stereocenters. The van der Waals surface area contributed by atoms with Gasteiger partial charge in [0.1, 0.15) is 0 Å². The van der Waals surface area contributed by atoms with Crippen LogP contribution in [-0.2, 0) is 0 Å². The second-order valence-electron chi connectivity index (χ2n) is 4.98. The number of aliphatic imine (C=N–C) groups is 1. The highest BCUT2D eigenvalue weighted by atomic mass is 79.9. The van der Waals surface area contributed by atoms with Crippen LogP contribution in [0.1, 0.15) is 20.8 Å². The Morgan fingerprint density at radius 3 is 2.40 bits per heavy atom. The largest absolute Gasteiger partial charge is 0.573 e. The van der Waals surface area contributed by atoms with Crippen molar-refractivity contribution in [2.24, 2.45) is 10.7 Å². The number of rotatable bonds is 2. The Kier molecular flexibility index (Phi) is 4.90. The first-order valence-electron chi connectivity index (χ1n) is 5.64. The number of nitrogens with two attached hydrogens (primary N) is 1. The molecule has 0 bridgehead atoms. The minimum Gasteiger partial charge on any atom is -0.404 e. The predicted octanol–water partition coefficient (Wildman–Crippen LogP) is 3.87. The Hall–Kier alpha value is -1.44. The molecule has 0 saturated carbocycles. The number of benzene rings is 1. The first kappa shape index (κ1) is 16.6.